The molecule has 0 saturated carbocycles. The molecule has 0 aliphatic rings. The predicted octanol–water partition coefficient (Wildman–Crippen LogP) is 3.39. The third-order valence-electron chi connectivity index (χ3n) is 4.85. The molecule has 0 radical (unpaired) electrons. The molecular formula is C26H26N4O4. The van der Waals surface area contributed by atoms with Crippen LogP contribution in [0.25, 0.3) is 6.08 Å². The lowest BCUT2D eigenvalue weighted by atomic mass is 10.1. The van der Waals surface area contributed by atoms with Gasteiger partial charge in [-0.15, -0.1) is 0 Å². The second-order valence-corrected chi connectivity index (χ2v) is 7.49. The molecule has 0 aliphatic heterocycles. The van der Waals surface area contributed by atoms with Gasteiger partial charge in [0.25, 0.3) is 11.8 Å². The summed E-state index contributed by atoms with van der Waals surface area (Å²) in [6, 6.07) is 20.7. The van der Waals surface area contributed by atoms with Crippen molar-refractivity contribution in [2.24, 2.45) is 5.10 Å². The smallest absolute Gasteiger partial charge is 0.287 e. The van der Waals surface area contributed by atoms with Crippen LogP contribution < -0.4 is 20.4 Å². The van der Waals surface area contributed by atoms with Crippen molar-refractivity contribution in [2.75, 3.05) is 26.1 Å². The third kappa shape index (κ3) is 6.46. The Morgan fingerprint density at radius 1 is 1.00 bits per heavy atom. The molecule has 3 aromatic rings. The van der Waals surface area contributed by atoms with Crippen molar-refractivity contribution in [3.63, 3.8) is 0 Å². The molecule has 0 fully saturated rings. The van der Waals surface area contributed by atoms with Gasteiger partial charge in [-0.3, -0.25) is 9.59 Å². The Hall–Kier alpha value is -4.59. The van der Waals surface area contributed by atoms with E-state index in [9.17, 15) is 14.7 Å². The summed E-state index contributed by atoms with van der Waals surface area (Å²) in [4.78, 5) is 27.5. The first-order valence-electron chi connectivity index (χ1n) is 10.4. The standard InChI is InChI=1S/C26H26N4O4/c1-30(2)21-11-9-18(10-12-21)15-23(28-25(32)19-7-5-4-6-8-19)26(33)29-27-17-20-16-22(34-3)13-14-24(20)31/h4-17,31H,1-3H3,(H,28,32)(H,29,33)/b23-15?,27-17+. The van der Waals surface area contributed by atoms with Gasteiger partial charge in [-0.05, 0) is 54.1 Å². The van der Waals surface area contributed by atoms with Gasteiger partial charge >= 0.3 is 0 Å². The lowest BCUT2D eigenvalue weighted by molar-refractivity contribution is -0.117. The molecule has 8 nitrogen and oxygen atoms in total. The number of nitrogens with zero attached hydrogens (tertiary/aromatic N) is 2. The Bertz CT molecular complexity index is 1200. The average Bonchev–Trinajstić information content (AvgIpc) is 2.85. The van der Waals surface area contributed by atoms with Gasteiger partial charge in [0.2, 0.25) is 0 Å². The number of amides is 2. The fourth-order valence-electron chi connectivity index (χ4n) is 2.96. The summed E-state index contributed by atoms with van der Waals surface area (Å²) in [6.45, 7) is 0. The van der Waals surface area contributed by atoms with E-state index in [1.165, 1.54) is 19.4 Å². The second-order valence-electron chi connectivity index (χ2n) is 7.49. The minimum absolute atomic E-state index is 0.0125. The number of carbonyl (C=O) groups excluding carboxylic acids is 2. The van der Waals surface area contributed by atoms with E-state index in [1.807, 2.05) is 43.3 Å². The van der Waals surface area contributed by atoms with Crippen LogP contribution in [0.2, 0.25) is 0 Å². The summed E-state index contributed by atoms with van der Waals surface area (Å²) < 4.78 is 5.13. The van der Waals surface area contributed by atoms with E-state index in [0.717, 1.165) is 11.3 Å². The number of methoxy groups -OCH3 is 1. The van der Waals surface area contributed by atoms with Crippen LogP contribution in [0.5, 0.6) is 11.5 Å². The van der Waals surface area contributed by atoms with E-state index in [-0.39, 0.29) is 11.4 Å². The number of hydrogen-bond acceptors (Lipinski definition) is 6. The van der Waals surface area contributed by atoms with Gasteiger partial charge < -0.3 is 20.1 Å². The zero-order valence-corrected chi connectivity index (χ0v) is 19.1. The SMILES string of the molecule is COc1ccc(O)c(/C=N/NC(=O)C(=Cc2ccc(N(C)C)cc2)NC(=O)c2ccccc2)c1. The predicted molar refractivity (Wildman–Crippen MR) is 133 cm³/mol. The number of hydrogen-bond donors (Lipinski definition) is 3. The number of benzene rings is 3. The summed E-state index contributed by atoms with van der Waals surface area (Å²) in [7, 11) is 5.37. The fraction of sp³-hybridized carbons (Fsp3) is 0.115. The second kappa shape index (κ2) is 11.3. The van der Waals surface area contributed by atoms with E-state index in [2.05, 4.69) is 15.8 Å². The molecule has 3 rings (SSSR count). The number of ether oxygens (including phenoxy) is 1. The highest BCUT2D eigenvalue weighted by molar-refractivity contribution is 6.05. The van der Waals surface area contributed by atoms with E-state index in [0.29, 0.717) is 16.9 Å². The highest BCUT2D eigenvalue weighted by atomic mass is 16.5. The summed E-state index contributed by atoms with van der Waals surface area (Å²) in [5.41, 5.74) is 4.89. The molecular weight excluding hydrogens is 432 g/mol. The number of aromatic hydroxyl groups is 1. The number of carbonyl (C=O) groups is 2. The Labute approximate surface area is 198 Å². The van der Waals surface area contributed by atoms with Crippen LogP contribution in [0.1, 0.15) is 21.5 Å². The first-order chi connectivity index (χ1) is 16.4. The molecule has 8 heteroatoms. The van der Waals surface area contributed by atoms with Crippen molar-refractivity contribution in [3.8, 4) is 11.5 Å². The van der Waals surface area contributed by atoms with Gasteiger partial charge in [0, 0.05) is 30.9 Å². The molecule has 0 saturated heterocycles. The molecule has 34 heavy (non-hydrogen) atoms. The van der Waals surface area contributed by atoms with Gasteiger partial charge in [-0.2, -0.15) is 5.10 Å². The molecule has 0 bridgehead atoms. The summed E-state index contributed by atoms with van der Waals surface area (Å²) in [5, 5.41) is 16.5. The number of nitrogens with one attached hydrogen (secondary N) is 2. The van der Waals surface area contributed by atoms with Crippen LogP contribution in [0, 0.1) is 0 Å². The van der Waals surface area contributed by atoms with Crippen LogP contribution >= 0.6 is 0 Å². The largest absolute Gasteiger partial charge is 0.507 e. The fourth-order valence-corrected chi connectivity index (χ4v) is 2.96. The maximum absolute atomic E-state index is 12.9. The minimum Gasteiger partial charge on any atom is -0.507 e. The Kier molecular flexibility index (Phi) is 8.02. The average molecular weight is 459 g/mol. The van der Waals surface area contributed by atoms with Crippen molar-refractivity contribution in [1.82, 2.24) is 10.7 Å². The molecule has 3 N–H and O–H groups in total. The minimum atomic E-state index is -0.625. The molecule has 0 aliphatic carbocycles. The zero-order valence-electron chi connectivity index (χ0n) is 19.1. The van der Waals surface area contributed by atoms with Gasteiger partial charge in [-0.25, -0.2) is 5.43 Å². The highest BCUT2D eigenvalue weighted by Crippen LogP contribution is 2.21. The molecule has 2 amide bonds. The third-order valence-corrected chi connectivity index (χ3v) is 4.85. The van der Waals surface area contributed by atoms with Gasteiger partial charge in [0.1, 0.15) is 17.2 Å². The number of rotatable bonds is 8. The van der Waals surface area contributed by atoms with E-state index in [1.54, 1.807) is 48.5 Å². The molecule has 3 aromatic carbocycles. The van der Waals surface area contributed by atoms with Crippen molar-refractivity contribution in [2.45, 2.75) is 0 Å². The van der Waals surface area contributed by atoms with Gasteiger partial charge in [0.05, 0.1) is 13.3 Å². The number of anilines is 1. The first-order valence-corrected chi connectivity index (χ1v) is 10.4. The van der Waals surface area contributed by atoms with Crippen molar-refractivity contribution in [3.05, 3.63) is 95.2 Å². The lowest BCUT2D eigenvalue weighted by Gasteiger charge is -2.12. The lowest BCUT2D eigenvalue weighted by Crippen LogP contribution is -2.32. The zero-order chi connectivity index (χ0) is 24.5. The number of phenols is 1. The van der Waals surface area contributed by atoms with Crippen molar-refractivity contribution < 1.29 is 19.4 Å². The molecule has 0 unspecified atom stereocenters. The quantitative estimate of drug-likeness (QED) is 0.273. The van der Waals surface area contributed by atoms with Crippen molar-refractivity contribution >= 4 is 29.8 Å². The van der Waals surface area contributed by atoms with Crippen LogP contribution in [-0.2, 0) is 4.79 Å². The normalized spacial score (nSPS) is 11.2. The number of hydrazone groups is 1. The Morgan fingerprint density at radius 3 is 2.35 bits per heavy atom. The molecule has 0 heterocycles. The van der Waals surface area contributed by atoms with E-state index < -0.39 is 11.8 Å². The highest BCUT2D eigenvalue weighted by Gasteiger charge is 2.14. The maximum Gasteiger partial charge on any atom is 0.287 e. The molecule has 0 atom stereocenters. The Balaban J connectivity index is 1.83. The first kappa shape index (κ1) is 24.1. The molecule has 0 aromatic heterocycles. The van der Waals surface area contributed by atoms with Crippen LogP contribution in [-0.4, -0.2) is 44.3 Å². The van der Waals surface area contributed by atoms with Crippen LogP contribution in [0.15, 0.2) is 83.6 Å². The topological polar surface area (TPSA) is 103 Å². The van der Waals surface area contributed by atoms with Gasteiger partial charge in [-0.1, -0.05) is 30.3 Å². The van der Waals surface area contributed by atoms with E-state index >= 15 is 0 Å². The van der Waals surface area contributed by atoms with Crippen LogP contribution in [0.3, 0.4) is 0 Å². The summed E-state index contributed by atoms with van der Waals surface area (Å²) in [6.07, 6.45) is 2.85. The van der Waals surface area contributed by atoms with Crippen LogP contribution in [0.4, 0.5) is 5.69 Å². The molecule has 0 spiro atoms. The Morgan fingerprint density at radius 2 is 1.71 bits per heavy atom. The maximum atomic E-state index is 12.9. The summed E-state index contributed by atoms with van der Waals surface area (Å²) in [5.74, 6) is -0.545. The van der Waals surface area contributed by atoms with Gasteiger partial charge in [0.15, 0.2) is 0 Å². The number of phenolic OH excluding ortho intramolecular Hbond substituents is 1. The van der Waals surface area contributed by atoms with E-state index in [4.69, 9.17) is 4.74 Å². The summed E-state index contributed by atoms with van der Waals surface area (Å²) >= 11 is 0. The monoisotopic (exact) mass is 458 g/mol. The van der Waals surface area contributed by atoms with Crippen molar-refractivity contribution in [1.29, 1.82) is 0 Å². The molecule has 174 valence electrons.